The molecule has 0 aliphatic carbocycles. The van der Waals surface area contributed by atoms with Crippen LogP contribution < -0.4 is 15.4 Å². The second kappa shape index (κ2) is 12.2. The molecule has 2 aliphatic heterocycles. The van der Waals surface area contributed by atoms with Gasteiger partial charge in [0.15, 0.2) is 0 Å². The van der Waals surface area contributed by atoms with Crippen LogP contribution in [0, 0.1) is 5.82 Å². The Bertz CT molecular complexity index is 1660. The maximum absolute atomic E-state index is 14.1. The number of hydrogen-bond donors (Lipinski definition) is 2. The molecular formula is C28H33B2BrFN5O5S. The molecule has 1 saturated heterocycles. The highest BCUT2D eigenvalue weighted by Gasteiger charge is 2.51. The van der Waals surface area contributed by atoms with Crippen LogP contribution in [0.4, 0.5) is 10.3 Å². The third-order valence-corrected chi connectivity index (χ3v) is 10.8. The predicted molar refractivity (Wildman–Crippen MR) is 169 cm³/mol. The fraction of sp³-hybridized carbons (Fsp3) is 0.393. The Morgan fingerprint density at radius 3 is 2.63 bits per heavy atom. The van der Waals surface area contributed by atoms with Crippen molar-refractivity contribution in [2.24, 2.45) is 0 Å². The zero-order valence-corrected chi connectivity index (χ0v) is 27.1. The lowest BCUT2D eigenvalue weighted by Crippen LogP contribution is -2.55. The molecule has 0 bridgehead atoms. The number of sulfonamides is 1. The lowest BCUT2D eigenvalue weighted by Gasteiger charge is -2.35. The summed E-state index contributed by atoms with van der Waals surface area (Å²) in [4.78, 5) is 22.6. The molecule has 3 heterocycles. The van der Waals surface area contributed by atoms with Gasteiger partial charge in [-0.05, 0) is 71.9 Å². The third kappa shape index (κ3) is 6.17. The van der Waals surface area contributed by atoms with E-state index >= 15 is 0 Å². The van der Waals surface area contributed by atoms with Gasteiger partial charge in [-0.15, -0.1) is 0 Å². The van der Waals surface area contributed by atoms with Crippen LogP contribution in [0.5, 0.6) is 5.75 Å². The van der Waals surface area contributed by atoms with Crippen LogP contribution in [0.15, 0.2) is 52.0 Å². The molecule has 10 nitrogen and oxygen atoms in total. The van der Waals surface area contributed by atoms with E-state index in [1.54, 1.807) is 53.9 Å². The van der Waals surface area contributed by atoms with E-state index in [0.29, 0.717) is 51.8 Å². The molecule has 0 unspecified atom stereocenters. The molecule has 15 heteroatoms. The molecule has 1 fully saturated rings. The first-order chi connectivity index (χ1) is 20.3. The number of ether oxygens (including phenoxy) is 2. The fourth-order valence-corrected chi connectivity index (χ4v) is 8.46. The van der Waals surface area contributed by atoms with E-state index in [1.165, 1.54) is 23.5 Å². The smallest absolute Gasteiger partial charge is 0.243 e. The average molecular weight is 672 g/mol. The number of halogens is 2. The molecule has 1 aromatic heterocycles. The minimum Gasteiger partial charge on any atom is -0.497 e. The number of nitrogens with zero attached hydrogens (tertiary/aromatic N) is 3. The molecule has 0 saturated carbocycles. The van der Waals surface area contributed by atoms with Gasteiger partial charge in [0.25, 0.3) is 0 Å². The summed E-state index contributed by atoms with van der Waals surface area (Å²) in [5.74, 6) is -0.242. The topological polar surface area (TPSA) is 123 Å². The van der Waals surface area contributed by atoms with Crippen molar-refractivity contribution in [1.82, 2.24) is 19.6 Å². The Morgan fingerprint density at radius 1 is 1.21 bits per heavy atom. The SMILES string of the molecule is BC1(B)c2ccc(-c3nc(NC4CCOCC4)ncc3Br)cc2S(=O)(=O)N1[C@H](C)C(=O)N[C@H](C)c1cc(F)cc(OC)c1. The molecular weight excluding hydrogens is 639 g/mol. The van der Waals surface area contributed by atoms with Gasteiger partial charge in [0, 0.05) is 42.4 Å². The highest BCUT2D eigenvalue weighted by atomic mass is 79.9. The molecule has 3 aromatic rings. The summed E-state index contributed by atoms with van der Waals surface area (Å²) in [5, 5.41) is 5.16. The number of hydrogen-bond acceptors (Lipinski definition) is 8. The highest BCUT2D eigenvalue weighted by molar-refractivity contribution is 9.10. The summed E-state index contributed by atoms with van der Waals surface area (Å²) < 4.78 is 54.6. The summed E-state index contributed by atoms with van der Waals surface area (Å²) >= 11 is 3.52. The number of aromatic nitrogens is 2. The van der Waals surface area contributed by atoms with E-state index in [2.05, 4.69) is 31.5 Å². The number of amides is 1. The van der Waals surface area contributed by atoms with Crippen molar-refractivity contribution in [3.63, 3.8) is 0 Å². The summed E-state index contributed by atoms with van der Waals surface area (Å²) in [6, 6.07) is 7.92. The molecule has 226 valence electrons. The minimum absolute atomic E-state index is 0.113. The number of fused-ring (bicyclic) bond motifs is 1. The van der Waals surface area contributed by atoms with E-state index in [0.717, 1.165) is 12.8 Å². The van der Waals surface area contributed by atoms with Gasteiger partial charge in [0.2, 0.25) is 21.9 Å². The van der Waals surface area contributed by atoms with Gasteiger partial charge in [-0.3, -0.25) is 4.79 Å². The van der Waals surface area contributed by atoms with Crippen LogP contribution in [0.3, 0.4) is 0 Å². The van der Waals surface area contributed by atoms with E-state index in [9.17, 15) is 17.6 Å². The number of carbonyl (C=O) groups is 1. The molecule has 0 spiro atoms. The summed E-state index contributed by atoms with van der Waals surface area (Å²) in [5.41, 5.74) is 2.21. The number of carbonyl (C=O) groups excluding carboxylic acids is 1. The van der Waals surface area contributed by atoms with Gasteiger partial charge in [-0.25, -0.2) is 22.8 Å². The highest BCUT2D eigenvalue weighted by Crippen LogP contribution is 2.44. The van der Waals surface area contributed by atoms with Crippen LogP contribution in [-0.2, 0) is 24.9 Å². The van der Waals surface area contributed by atoms with Gasteiger partial charge < -0.3 is 20.1 Å². The van der Waals surface area contributed by atoms with E-state index in [-0.39, 0.29) is 10.9 Å². The van der Waals surface area contributed by atoms with Crippen LogP contribution >= 0.6 is 15.9 Å². The van der Waals surface area contributed by atoms with Crippen LogP contribution in [0.25, 0.3) is 11.3 Å². The molecule has 5 rings (SSSR count). The number of anilines is 1. The van der Waals surface area contributed by atoms with Gasteiger partial charge in [0.05, 0.1) is 28.2 Å². The van der Waals surface area contributed by atoms with Crippen LogP contribution in [0.2, 0.25) is 0 Å². The molecule has 2 aliphatic rings. The molecule has 2 aromatic carbocycles. The Balaban J connectivity index is 1.41. The van der Waals surface area contributed by atoms with Crippen molar-refractivity contribution in [2.75, 3.05) is 25.6 Å². The number of benzene rings is 2. The van der Waals surface area contributed by atoms with E-state index in [4.69, 9.17) is 14.5 Å². The van der Waals surface area contributed by atoms with Gasteiger partial charge >= 0.3 is 0 Å². The third-order valence-electron chi connectivity index (χ3n) is 8.02. The molecule has 2 atom stereocenters. The molecule has 0 radical (unpaired) electrons. The summed E-state index contributed by atoms with van der Waals surface area (Å²) in [6.45, 7) is 4.60. The van der Waals surface area contributed by atoms with E-state index < -0.39 is 39.2 Å². The standard InChI is InChI=1S/C28H33B2BrFN5O5S/c1-15(18-10-19(32)13-21(11-18)41-3)34-26(38)16(2)37-28(29,30)22-5-4-17(12-24(22)43(37,39)40)25-23(31)14-33-27(36-25)35-20-6-8-42-9-7-20/h4-5,10-16,20H,6-9,29-30H2,1-3H3,(H,34,38)(H,33,35,36)/t15-,16-/m1/s1. The Morgan fingerprint density at radius 2 is 1.93 bits per heavy atom. The zero-order chi connectivity index (χ0) is 31.1. The maximum Gasteiger partial charge on any atom is 0.243 e. The first-order valence-corrected chi connectivity index (χ1v) is 16.3. The zero-order valence-electron chi connectivity index (χ0n) is 24.6. The monoisotopic (exact) mass is 671 g/mol. The van der Waals surface area contributed by atoms with Crippen molar-refractivity contribution < 1.29 is 27.1 Å². The summed E-state index contributed by atoms with van der Waals surface area (Å²) in [6.07, 6.45) is 3.33. The number of methoxy groups -OCH3 is 1. The lowest BCUT2D eigenvalue weighted by molar-refractivity contribution is -0.125. The Labute approximate surface area is 261 Å². The van der Waals surface area contributed by atoms with Crippen molar-refractivity contribution in [1.29, 1.82) is 0 Å². The van der Waals surface area contributed by atoms with Gasteiger partial charge in [-0.2, -0.15) is 4.31 Å². The number of rotatable bonds is 8. The van der Waals surface area contributed by atoms with Crippen molar-refractivity contribution in [3.8, 4) is 17.0 Å². The molecule has 43 heavy (non-hydrogen) atoms. The van der Waals surface area contributed by atoms with Crippen LogP contribution in [-0.4, -0.2) is 76.7 Å². The quantitative estimate of drug-likeness (QED) is 0.350. The second-order valence-electron chi connectivity index (χ2n) is 11.3. The van der Waals surface area contributed by atoms with Crippen molar-refractivity contribution >= 4 is 53.5 Å². The average Bonchev–Trinajstić information content (AvgIpc) is 3.13. The second-order valence-corrected chi connectivity index (χ2v) is 14.0. The maximum atomic E-state index is 14.1. The first kappa shape index (κ1) is 31.4. The Hall–Kier alpha value is -3.00. The van der Waals surface area contributed by atoms with E-state index in [1.807, 2.05) is 6.07 Å². The minimum atomic E-state index is -4.09. The molecule has 1 amide bonds. The van der Waals surface area contributed by atoms with Gasteiger partial charge in [0.1, 0.15) is 33.3 Å². The fourth-order valence-electron chi connectivity index (χ4n) is 5.75. The number of nitrogens with one attached hydrogen (secondary N) is 2. The van der Waals surface area contributed by atoms with Crippen LogP contribution in [0.1, 0.15) is 43.9 Å². The molecule has 2 N–H and O–H groups in total. The Kier molecular flexibility index (Phi) is 8.90. The van der Waals surface area contributed by atoms with Crippen molar-refractivity contribution in [3.05, 3.63) is 64.0 Å². The normalized spacial score (nSPS) is 19.3. The largest absolute Gasteiger partial charge is 0.497 e. The first-order valence-electron chi connectivity index (χ1n) is 14.0. The van der Waals surface area contributed by atoms with Gasteiger partial charge in [-0.1, -0.05) is 12.1 Å². The predicted octanol–water partition coefficient (Wildman–Crippen LogP) is 2.29. The summed E-state index contributed by atoms with van der Waals surface area (Å²) in [7, 11) is 0.892. The van der Waals surface area contributed by atoms with Crippen molar-refractivity contribution in [2.45, 2.75) is 55.0 Å². The lowest BCUT2D eigenvalue weighted by atomic mass is 9.57.